The van der Waals surface area contributed by atoms with Gasteiger partial charge in [-0.15, -0.1) is 0 Å². The molecule has 5 nitrogen and oxygen atoms in total. The van der Waals surface area contributed by atoms with Crippen LogP contribution in [0, 0.1) is 0 Å². The fourth-order valence-corrected chi connectivity index (χ4v) is 3.88. The molecule has 0 spiro atoms. The third-order valence-electron chi connectivity index (χ3n) is 5.29. The normalized spacial score (nSPS) is 19.5. The third-order valence-corrected chi connectivity index (χ3v) is 5.29. The number of fused-ring (bicyclic) bond motifs is 1. The zero-order valence-electron chi connectivity index (χ0n) is 15.5. The zero-order chi connectivity index (χ0) is 18.5. The van der Waals surface area contributed by atoms with Crippen LogP contribution in [0.25, 0.3) is 0 Å². The number of nitrogens with one attached hydrogen (secondary N) is 1. The van der Waals surface area contributed by atoms with Crippen molar-refractivity contribution in [1.29, 1.82) is 0 Å². The van der Waals surface area contributed by atoms with Crippen LogP contribution in [0.1, 0.15) is 35.2 Å². The van der Waals surface area contributed by atoms with Crippen LogP contribution >= 0.6 is 0 Å². The third kappa shape index (κ3) is 4.25. The van der Waals surface area contributed by atoms with Gasteiger partial charge in [-0.3, -0.25) is 9.69 Å². The Morgan fingerprint density at radius 1 is 1.04 bits per heavy atom. The monoisotopic (exact) mass is 366 g/mol. The van der Waals surface area contributed by atoms with Gasteiger partial charge in [0.05, 0.1) is 5.56 Å². The maximum Gasteiger partial charge on any atom is 0.255 e. The molecule has 0 radical (unpaired) electrons. The summed E-state index contributed by atoms with van der Waals surface area (Å²) in [6.45, 7) is 3.65. The van der Waals surface area contributed by atoms with Crippen molar-refractivity contribution >= 4 is 5.91 Å². The van der Waals surface area contributed by atoms with Gasteiger partial charge in [-0.1, -0.05) is 42.8 Å². The molecule has 1 amide bonds. The average Bonchev–Trinajstić information content (AvgIpc) is 2.73. The van der Waals surface area contributed by atoms with Crippen LogP contribution in [-0.2, 0) is 6.54 Å². The number of carbonyl (C=O) groups excluding carboxylic acids is 1. The molecule has 1 saturated heterocycles. The fraction of sp³-hybridized carbons (Fsp3) is 0.409. The summed E-state index contributed by atoms with van der Waals surface area (Å²) in [7, 11) is 0. The first kappa shape index (κ1) is 17.9. The summed E-state index contributed by atoms with van der Waals surface area (Å²) in [5, 5.41) is 3.12. The highest BCUT2D eigenvalue weighted by molar-refractivity contribution is 5.97. The van der Waals surface area contributed by atoms with E-state index in [-0.39, 0.29) is 5.91 Å². The maximum atomic E-state index is 12.8. The molecule has 5 heteroatoms. The first-order valence-corrected chi connectivity index (χ1v) is 9.76. The van der Waals surface area contributed by atoms with E-state index in [0.29, 0.717) is 42.9 Å². The lowest BCUT2D eigenvalue weighted by molar-refractivity contribution is 0.0897. The SMILES string of the molecule is O=C(NCC1CCCCN1Cc1ccccc1)c1cccc2c1OCCO2. The molecule has 0 aromatic heterocycles. The summed E-state index contributed by atoms with van der Waals surface area (Å²) in [4.78, 5) is 15.2. The molecular weight excluding hydrogens is 340 g/mol. The minimum atomic E-state index is -0.0948. The second-order valence-electron chi connectivity index (χ2n) is 7.15. The van der Waals surface area contributed by atoms with Crippen molar-refractivity contribution in [2.24, 2.45) is 0 Å². The molecule has 0 aliphatic carbocycles. The van der Waals surface area contributed by atoms with Crippen molar-refractivity contribution < 1.29 is 14.3 Å². The lowest BCUT2D eigenvalue weighted by atomic mass is 10.0. The fourth-order valence-electron chi connectivity index (χ4n) is 3.88. The molecule has 142 valence electrons. The number of piperidine rings is 1. The van der Waals surface area contributed by atoms with Crippen LogP contribution in [0.3, 0.4) is 0 Å². The van der Waals surface area contributed by atoms with Gasteiger partial charge in [0.15, 0.2) is 11.5 Å². The summed E-state index contributed by atoms with van der Waals surface area (Å²) >= 11 is 0. The van der Waals surface area contributed by atoms with E-state index in [1.54, 1.807) is 6.07 Å². The van der Waals surface area contributed by atoms with E-state index in [1.807, 2.05) is 18.2 Å². The molecule has 4 rings (SSSR count). The summed E-state index contributed by atoms with van der Waals surface area (Å²) < 4.78 is 11.3. The van der Waals surface area contributed by atoms with Gasteiger partial charge in [0.1, 0.15) is 13.2 Å². The van der Waals surface area contributed by atoms with E-state index in [1.165, 1.54) is 18.4 Å². The van der Waals surface area contributed by atoms with E-state index >= 15 is 0 Å². The summed E-state index contributed by atoms with van der Waals surface area (Å²) in [6.07, 6.45) is 3.54. The van der Waals surface area contributed by atoms with Crippen molar-refractivity contribution in [3.05, 3.63) is 59.7 Å². The number of benzene rings is 2. The number of nitrogens with zero attached hydrogens (tertiary/aromatic N) is 1. The minimum Gasteiger partial charge on any atom is -0.486 e. The second-order valence-corrected chi connectivity index (χ2v) is 7.15. The molecular formula is C22H26N2O3. The summed E-state index contributed by atoms with van der Waals surface area (Å²) in [5.41, 5.74) is 1.87. The van der Waals surface area contributed by atoms with Crippen LogP contribution in [0.5, 0.6) is 11.5 Å². The number of hydrogen-bond donors (Lipinski definition) is 1. The van der Waals surface area contributed by atoms with Gasteiger partial charge in [-0.2, -0.15) is 0 Å². The van der Waals surface area contributed by atoms with E-state index in [9.17, 15) is 4.79 Å². The highest BCUT2D eigenvalue weighted by Gasteiger charge is 2.25. The molecule has 2 aliphatic rings. The van der Waals surface area contributed by atoms with Gasteiger partial charge in [-0.05, 0) is 37.1 Å². The number of carbonyl (C=O) groups is 1. The predicted octanol–water partition coefficient (Wildman–Crippen LogP) is 3.24. The second kappa shape index (κ2) is 8.44. The van der Waals surface area contributed by atoms with Crippen molar-refractivity contribution in [1.82, 2.24) is 10.2 Å². The smallest absolute Gasteiger partial charge is 0.255 e. The van der Waals surface area contributed by atoms with E-state index in [4.69, 9.17) is 9.47 Å². The van der Waals surface area contributed by atoms with Crippen molar-refractivity contribution in [2.75, 3.05) is 26.3 Å². The Kier molecular flexibility index (Phi) is 5.58. The van der Waals surface area contributed by atoms with Gasteiger partial charge in [0.2, 0.25) is 0 Å². The lowest BCUT2D eigenvalue weighted by Crippen LogP contribution is -2.46. The molecule has 2 aromatic carbocycles. The molecule has 0 bridgehead atoms. The molecule has 2 aliphatic heterocycles. The Morgan fingerprint density at radius 2 is 1.89 bits per heavy atom. The average molecular weight is 366 g/mol. The highest BCUT2D eigenvalue weighted by Crippen LogP contribution is 2.33. The lowest BCUT2D eigenvalue weighted by Gasteiger charge is -2.36. The Morgan fingerprint density at radius 3 is 2.78 bits per heavy atom. The van der Waals surface area contributed by atoms with Gasteiger partial charge in [0, 0.05) is 19.1 Å². The van der Waals surface area contributed by atoms with Crippen molar-refractivity contribution in [2.45, 2.75) is 31.8 Å². The Labute approximate surface area is 160 Å². The Balaban J connectivity index is 1.40. The van der Waals surface area contributed by atoms with Gasteiger partial charge >= 0.3 is 0 Å². The first-order valence-electron chi connectivity index (χ1n) is 9.76. The standard InChI is InChI=1S/C22H26N2O3/c25-22(19-10-6-11-20-21(19)27-14-13-26-20)23-15-18-9-4-5-12-24(18)16-17-7-2-1-3-8-17/h1-3,6-8,10-11,18H,4-5,9,12-16H2,(H,23,25). The molecule has 1 atom stereocenters. The van der Waals surface area contributed by atoms with Crippen molar-refractivity contribution in [3.8, 4) is 11.5 Å². The summed E-state index contributed by atoms with van der Waals surface area (Å²) in [5.74, 6) is 1.12. The highest BCUT2D eigenvalue weighted by atomic mass is 16.6. The number of ether oxygens (including phenoxy) is 2. The topological polar surface area (TPSA) is 50.8 Å². The minimum absolute atomic E-state index is 0.0948. The van der Waals surface area contributed by atoms with Gasteiger partial charge < -0.3 is 14.8 Å². The molecule has 1 N–H and O–H groups in total. The van der Waals surface area contributed by atoms with E-state index in [2.05, 4.69) is 34.5 Å². The number of para-hydroxylation sites is 1. The molecule has 2 aromatic rings. The maximum absolute atomic E-state index is 12.8. The number of rotatable bonds is 5. The molecule has 0 saturated carbocycles. The zero-order valence-corrected chi connectivity index (χ0v) is 15.5. The van der Waals surface area contributed by atoms with Crippen LogP contribution < -0.4 is 14.8 Å². The van der Waals surface area contributed by atoms with Crippen molar-refractivity contribution in [3.63, 3.8) is 0 Å². The number of hydrogen-bond acceptors (Lipinski definition) is 4. The van der Waals surface area contributed by atoms with Crippen LogP contribution in [0.4, 0.5) is 0 Å². The predicted molar refractivity (Wildman–Crippen MR) is 104 cm³/mol. The van der Waals surface area contributed by atoms with Crippen LogP contribution in [-0.4, -0.2) is 43.2 Å². The van der Waals surface area contributed by atoms with Gasteiger partial charge in [0.25, 0.3) is 5.91 Å². The van der Waals surface area contributed by atoms with Gasteiger partial charge in [-0.25, -0.2) is 0 Å². The number of likely N-dealkylation sites (tertiary alicyclic amines) is 1. The molecule has 1 unspecified atom stereocenters. The molecule has 2 heterocycles. The molecule has 27 heavy (non-hydrogen) atoms. The first-order chi connectivity index (χ1) is 13.3. The Hall–Kier alpha value is -2.53. The quantitative estimate of drug-likeness (QED) is 0.883. The summed E-state index contributed by atoms with van der Waals surface area (Å²) in [6, 6.07) is 16.4. The van der Waals surface area contributed by atoms with Crippen LogP contribution in [0.2, 0.25) is 0 Å². The number of amides is 1. The van der Waals surface area contributed by atoms with E-state index in [0.717, 1.165) is 19.5 Å². The largest absolute Gasteiger partial charge is 0.486 e. The Bertz CT molecular complexity index is 778. The van der Waals surface area contributed by atoms with E-state index < -0.39 is 0 Å². The van der Waals surface area contributed by atoms with Crippen LogP contribution in [0.15, 0.2) is 48.5 Å². The molecule has 1 fully saturated rings.